The van der Waals surface area contributed by atoms with Crippen LogP contribution in [-0.4, -0.2) is 7.11 Å². The van der Waals surface area contributed by atoms with Gasteiger partial charge in [-0.3, -0.25) is 0 Å². The van der Waals surface area contributed by atoms with E-state index in [1.165, 1.54) is 6.26 Å². The average Bonchev–Trinajstić information content (AvgIpc) is 2.71. The molecule has 0 bridgehead atoms. The molecule has 2 aromatic carbocycles. The predicted molar refractivity (Wildman–Crippen MR) is 107 cm³/mol. The highest BCUT2D eigenvalue weighted by molar-refractivity contribution is 5.27. The van der Waals surface area contributed by atoms with Crippen LogP contribution in [0.1, 0.15) is 23.6 Å². The molecule has 0 amide bonds. The zero-order chi connectivity index (χ0) is 19.3. The number of allylic oxidation sites excluding steroid dienone is 2. The summed E-state index contributed by atoms with van der Waals surface area (Å²) in [5, 5.41) is 0. The number of rotatable bonds is 11. The van der Waals surface area contributed by atoms with Crippen LogP contribution < -0.4 is 4.74 Å². The minimum absolute atomic E-state index is 0.479. The van der Waals surface area contributed by atoms with Crippen LogP contribution in [0.15, 0.2) is 85.5 Å². The Labute approximate surface area is 161 Å². The first-order valence-electron chi connectivity index (χ1n) is 8.71. The molecule has 0 unspecified atom stereocenters. The lowest BCUT2D eigenvalue weighted by Gasteiger charge is -2.08. The Hall–Kier alpha value is -3.14. The van der Waals surface area contributed by atoms with Crippen LogP contribution in [-0.2, 0) is 34.0 Å². The minimum Gasteiger partial charge on any atom is -0.497 e. The Kier molecular flexibility index (Phi) is 8.57. The summed E-state index contributed by atoms with van der Waals surface area (Å²) in [5.74, 6) is 0.836. The van der Waals surface area contributed by atoms with Crippen LogP contribution in [0.4, 0.5) is 0 Å². The lowest BCUT2D eigenvalue weighted by Crippen LogP contribution is -1.96. The fourth-order valence-corrected chi connectivity index (χ4v) is 2.31. The Bertz CT molecular complexity index is 760. The van der Waals surface area contributed by atoms with Gasteiger partial charge in [-0.15, -0.1) is 0 Å². The summed E-state index contributed by atoms with van der Waals surface area (Å²) in [4.78, 5) is 0. The van der Waals surface area contributed by atoms with E-state index >= 15 is 0 Å². The monoisotopic (exact) mass is 366 g/mol. The van der Waals surface area contributed by atoms with E-state index in [1.54, 1.807) is 19.6 Å². The Morgan fingerprint density at radius 1 is 0.889 bits per heavy atom. The fourth-order valence-electron chi connectivity index (χ4n) is 2.31. The van der Waals surface area contributed by atoms with Gasteiger partial charge >= 0.3 is 0 Å². The maximum atomic E-state index is 5.63. The fraction of sp³-hybridized carbons (Fsp3) is 0.217. The minimum atomic E-state index is 0.479. The second kappa shape index (κ2) is 11.5. The topological polar surface area (TPSA) is 36.9 Å². The third-order valence-corrected chi connectivity index (χ3v) is 3.82. The van der Waals surface area contributed by atoms with E-state index in [0.29, 0.717) is 19.8 Å². The first-order chi connectivity index (χ1) is 13.2. The van der Waals surface area contributed by atoms with E-state index < -0.39 is 0 Å². The van der Waals surface area contributed by atoms with Crippen molar-refractivity contribution in [3.05, 3.63) is 102 Å². The smallest absolute Gasteiger partial charge is 0.118 e. The van der Waals surface area contributed by atoms with E-state index in [-0.39, 0.29) is 0 Å². The Morgan fingerprint density at radius 2 is 1.56 bits per heavy atom. The van der Waals surface area contributed by atoms with Crippen LogP contribution in [0.3, 0.4) is 0 Å². The summed E-state index contributed by atoms with van der Waals surface area (Å²) in [7, 11) is 1.65. The van der Waals surface area contributed by atoms with E-state index in [9.17, 15) is 0 Å². The molecule has 0 aliphatic rings. The summed E-state index contributed by atoms with van der Waals surface area (Å²) >= 11 is 0. The summed E-state index contributed by atoms with van der Waals surface area (Å²) in [6, 6.07) is 15.8. The van der Waals surface area contributed by atoms with Crippen LogP contribution in [0.5, 0.6) is 5.75 Å². The van der Waals surface area contributed by atoms with Crippen LogP contribution in [0.2, 0.25) is 0 Å². The standard InChI is InChI=1S/C23H26O4/c1-4-25-17-21-7-5-6-8-22(21)18-26-14-13-19(2)15-27-16-20-9-11-23(24-3)12-10-20/h4-15H,1,16-18H2,2-3H3/b14-13+,19-15-. The number of ether oxygens (including phenoxy) is 4. The molecule has 4 heteroatoms. The van der Waals surface area contributed by atoms with Crippen molar-refractivity contribution in [2.24, 2.45) is 0 Å². The highest BCUT2D eigenvalue weighted by atomic mass is 16.5. The third kappa shape index (κ3) is 7.32. The first-order valence-corrected chi connectivity index (χ1v) is 8.71. The molecule has 0 saturated carbocycles. The zero-order valence-corrected chi connectivity index (χ0v) is 15.9. The molecule has 4 nitrogen and oxygen atoms in total. The van der Waals surface area contributed by atoms with Gasteiger partial charge in [0.05, 0.1) is 25.9 Å². The van der Waals surface area contributed by atoms with Crippen LogP contribution in [0.25, 0.3) is 0 Å². The maximum Gasteiger partial charge on any atom is 0.118 e. The lowest BCUT2D eigenvalue weighted by atomic mass is 10.1. The number of benzene rings is 2. The van der Waals surface area contributed by atoms with Crippen LogP contribution in [0, 0.1) is 0 Å². The zero-order valence-electron chi connectivity index (χ0n) is 15.9. The molecule has 0 radical (unpaired) electrons. The molecule has 0 N–H and O–H groups in total. The number of hydrogen-bond donors (Lipinski definition) is 0. The molecule has 2 aromatic rings. The Morgan fingerprint density at radius 3 is 2.19 bits per heavy atom. The van der Waals surface area contributed by atoms with Gasteiger partial charge in [-0.2, -0.15) is 0 Å². The summed E-state index contributed by atoms with van der Waals surface area (Å²) in [6.07, 6.45) is 6.71. The predicted octanol–water partition coefficient (Wildman–Crippen LogP) is 5.51. The van der Waals surface area contributed by atoms with Crippen LogP contribution >= 0.6 is 0 Å². The van der Waals surface area contributed by atoms with Crippen molar-refractivity contribution in [3.8, 4) is 5.75 Å². The van der Waals surface area contributed by atoms with Crippen molar-refractivity contribution in [1.82, 2.24) is 0 Å². The van der Waals surface area contributed by atoms with Gasteiger partial charge in [0.25, 0.3) is 0 Å². The van der Waals surface area contributed by atoms with Gasteiger partial charge in [0, 0.05) is 0 Å². The average molecular weight is 366 g/mol. The van der Waals surface area contributed by atoms with E-state index in [0.717, 1.165) is 28.0 Å². The molecule has 0 spiro atoms. The van der Waals surface area contributed by atoms with Gasteiger partial charge in [0.15, 0.2) is 0 Å². The molecule has 0 fully saturated rings. The quantitative estimate of drug-likeness (QED) is 0.388. The van der Waals surface area contributed by atoms with E-state index in [2.05, 4.69) is 6.58 Å². The van der Waals surface area contributed by atoms with E-state index in [4.69, 9.17) is 18.9 Å². The van der Waals surface area contributed by atoms with Gasteiger partial charge in [0.1, 0.15) is 25.6 Å². The summed E-state index contributed by atoms with van der Waals surface area (Å²) < 4.78 is 21.6. The van der Waals surface area contributed by atoms with Gasteiger partial charge in [-0.25, -0.2) is 0 Å². The molecule has 0 aliphatic heterocycles. The second-order valence-corrected chi connectivity index (χ2v) is 5.88. The van der Waals surface area contributed by atoms with Crippen molar-refractivity contribution in [1.29, 1.82) is 0 Å². The highest BCUT2D eigenvalue weighted by Crippen LogP contribution is 2.13. The second-order valence-electron chi connectivity index (χ2n) is 5.88. The summed E-state index contributed by atoms with van der Waals surface area (Å²) in [6.45, 7) is 7.00. The van der Waals surface area contributed by atoms with Crippen molar-refractivity contribution in [2.45, 2.75) is 26.7 Å². The lowest BCUT2D eigenvalue weighted by molar-refractivity contribution is 0.218. The molecule has 0 saturated heterocycles. The molecular formula is C23H26O4. The van der Waals surface area contributed by atoms with Gasteiger partial charge < -0.3 is 18.9 Å². The Balaban J connectivity index is 1.76. The SMILES string of the molecule is C=COCc1ccccc1CO/C=C/C(C)=C\OCc1ccc(OC)cc1. The van der Waals surface area contributed by atoms with E-state index in [1.807, 2.05) is 61.5 Å². The molecule has 0 atom stereocenters. The van der Waals surface area contributed by atoms with Gasteiger partial charge in [-0.1, -0.05) is 43.0 Å². The first kappa shape index (κ1) is 20.2. The molecule has 0 aliphatic carbocycles. The molecule has 0 heterocycles. The van der Waals surface area contributed by atoms with Gasteiger partial charge in [0.2, 0.25) is 0 Å². The summed E-state index contributed by atoms with van der Waals surface area (Å²) in [5.41, 5.74) is 4.22. The molecule has 27 heavy (non-hydrogen) atoms. The third-order valence-electron chi connectivity index (χ3n) is 3.82. The number of hydrogen-bond acceptors (Lipinski definition) is 4. The molecule has 2 rings (SSSR count). The maximum absolute atomic E-state index is 5.63. The molecular weight excluding hydrogens is 340 g/mol. The van der Waals surface area contributed by atoms with Crippen molar-refractivity contribution in [2.75, 3.05) is 7.11 Å². The van der Waals surface area contributed by atoms with Crippen molar-refractivity contribution >= 4 is 0 Å². The molecule has 0 aromatic heterocycles. The molecule has 142 valence electrons. The van der Waals surface area contributed by atoms with Gasteiger partial charge in [-0.05, 0) is 47.4 Å². The van der Waals surface area contributed by atoms with Crippen molar-refractivity contribution in [3.63, 3.8) is 0 Å². The van der Waals surface area contributed by atoms with Crippen molar-refractivity contribution < 1.29 is 18.9 Å². The largest absolute Gasteiger partial charge is 0.497 e. The number of methoxy groups -OCH3 is 1. The highest BCUT2D eigenvalue weighted by Gasteiger charge is 2.01. The normalized spacial score (nSPS) is 11.3.